The number of benzene rings is 1. The Labute approximate surface area is 183 Å². The lowest BCUT2D eigenvalue weighted by atomic mass is 9.85. The summed E-state index contributed by atoms with van der Waals surface area (Å²) >= 11 is 0. The summed E-state index contributed by atoms with van der Waals surface area (Å²) in [5.41, 5.74) is 2.60. The molecule has 1 heterocycles. The van der Waals surface area contributed by atoms with Crippen molar-refractivity contribution in [3.8, 4) is 16.9 Å². The zero-order chi connectivity index (χ0) is 22.4. The van der Waals surface area contributed by atoms with Gasteiger partial charge < -0.3 is 15.4 Å². The number of hydrogen-bond donors (Lipinski definition) is 3. The van der Waals surface area contributed by atoms with E-state index in [4.69, 9.17) is 4.74 Å². The molecule has 0 bridgehead atoms. The maximum Gasteiger partial charge on any atom is 0.230 e. The zero-order valence-electron chi connectivity index (χ0n) is 18.1. The molecule has 1 aromatic heterocycles. The molecule has 0 radical (unpaired) electrons. The fourth-order valence-electron chi connectivity index (χ4n) is 3.88. The second-order valence-electron chi connectivity index (χ2n) is 7.89. The molecule has 168 valence electrons. The van der Waals surface area contributed by atoms with E-state index in [1.54, 1.807) is 25.4 Å². The van der Waals surface area contributed by atoms with E-state index in [9.17, 15) is 13.2 Å². The number of carbonyl (C=O) groups is 1. The first-order valence-electron chi connectivity index (χ1n) is 10.3. The van der Waals surface area contributed by atoms with E-state index in [1.165, 1.54) is 0 Å². The third-order valence-corrected chi connectivity index (χ3v) is 6.21. The van der Waals surface area contributed by atoms with Crippen LogP contribution in [0.25, 0.3) is 11.1 Å². The summed E-state index contributed by atoms with van der Waals surface area (Å²) in [6.07, 6.45) is 6.52. The smallest absolute Gasteiger partial charge is 0.230 e. The number of rotatable bonds is 8. The molecule has 1 fully saturated rings. The number of nitrogens with zero attached hydrogens (tertiary/aromatic N) is 1. The Morgan fingerprint density at radius 3 is 2.42 bits per heavy atom. The monoisotopic (exact) mass is 446 g/mol. The van der Waals surface area contributed by atoms with Gasteiger partial charge in [0.15, 0.2) is 0 Å². The summed E-state index contributed by atoms with van der Waals surface area (Å²) in [4.78, 5) is 16.8. The number of hydrogen-bond acceptors (Lipinski definition) is 6. The van der Waals surface area contributed by atoms with E-state index in [0.29, 0.717) is 18.3 Å². The van der Waals surface area contributed by atoms with Crippen LogP contribution in [-0.2, 0) is 21.4 Å². The van der Waals surface area contributed by atoms with Crippen molar-refractivity contribution in [3.05, 3.63) is 42.1 Å². The molecule has 1 aromatic carbocycles. The summed E-state index contributed by atoms with van der Waals surface area (Å²) in [6.45, 7) is 0.378. The topological polar surface area (TPSA) is 109 Å². The molecule has 1 saturated carbocycles. The molecule has 1 aliphatic carbocycles. The van der Waals surface area contributed by atoms with Gasteiger partial charge in [-0.2, -0.15) is 0 Å². The van der Waals surface area contributed by atoms with Crippen molar-refractivity contribution in [1.82, 2.24) is 15.6 Å². The van der Waals surface area contributed by atoms with Gasteiger partial charge in [0.2, 0.25) is 15.9 Å². The Morgan fingerprint density at radius 2 is 1.84 bits per heavy atom. The molecular formula is C22H30N4O4S. The van der Waals surface area contributed by atoms with Gasteiger partial charge in [0.1, 0.15) is 11.6 Å². The molecule has 0 spiro atoms. The van der Waals surface area contributed by atoms with Crippen molar-refractivity contribution in [3.63, 3.8) is 0 Å². The average molecular weight is 447 g/mol. The minimum atomic E-state index is -3.37. The summed E-state index contributed by atoms with van der Waals surface area (Å²) in [5, 5.41) is 6.34. The first-order valence-corrected chi connectivity index (χ1v) is 12.2. The van der Waals surface area contributed by atoms with Gasteiger partial charge in [-0.05, 0) is 62.6 Å². The molecule has 1 aliphatic rings. The predicted molar refractivity (Wildman–Crippen MR) is 121 cm³/mol. The highest BCUT2D eigenvalue weighted by atomic mass is 32.2. The van der Waals surface area contributed by atoms with Crippen LogP contribution in [0.2, 0.25) is 0 Å². The lowest BCUT2D eigenvalue weighted by Gasteiger charge is -2.27. The quantitative estimate of drug-likeness (QED) is 0.575. The van der Waals surface area contributed by atoms with Crippen molar-refractivity contribution in [2.75, 3.05) is 25.1 Å². The van der Waals surface area contributed by atoms with Gasteiger partial charge >= 0.3 is 0 Å². The van der Waals surface area contributed by atoms with Crippen LogP contribution in [0, 0.1) is 5.92 Å². The summed E-state index contributed by atoms with van der Waals surface area (Å²) in [5.74, 6) is 1.10. The summed E-state index contributed by atoms with van der Waals surface area (Å²) in [7, 11) is 0.199. The SMILES string of the molecule is CNC1CCC(C(=O)NCc2cc(-c3ccc(NS(C)(=O)=O)nc3)ccc2OC)CC1. The Balaban J connectivity index is 1.68. The average Bonchev–Trinajstić information content (AvgIpc) is 2.76. The Hall–Kier alpha value is -2.65. The third kappa shape index (κ3) is 6.41. The molecule has 0 atom stereocenters. The van der Waals surface area contributed by atoms with E-state index in [1.807, 2.05) is 25.2 Å². The van der Waals surface area contributed by atoms with E-state index in [-0.39, 0.29) is 17.6 Å². The number of nitrogens with one attached hydrogen (secondary N) is 3. The van der Waals surface area contributed by atoms with Crippen LogP contribution in [0.3, 0.4) is 0 Å². The number of sulfonamides is 1. The van der Waals surface area contributed by atoms with Crippen LogP contribution in [0.4, 0.5) is 5.82 Å². The number of amides is 1. The zero-order valence-corrected chi connectivity index (χ0v) is 19.0. The highest BCUT2D eigenvalue weighted by molar-refractivity contribution is 7.92. The fourth-order valence-corrected chi connectivity index (χ4v) is 4.38. The van der Waals surface area contributed by atoms with Gasteiger partial charge in [-0.15, -0.1) is 0 Å². The highest BCUT2D eigenvalue weighted by Gasteiger charge is 2.25. The maximum absolute atomic E-state index is 12.6. The van der Waals surface area contributed by atoms with Crippen molar-refractivity contribution < 1.29 is 17.9 Å². The molecule has 31 heavy (non-hydrogen) atoms. The number of carbonyl (C=O) groups excluding carboxylic acids is 1. The molecule has 9 heteroatoms. The van der Waals surface area contributed by atoms with Gasteiger partial charge in [0.25, 0.3) is 0 Å². The molecule has 3 rings (SSSR count). The van der Waals surface area contributed by atoms with Crippen LogP contribution in [0.1, 0.15) is 31.2 Å². The second-order valence-corrected chi connectivity index (χ2v) is 9.64. The maximum atomic E-state index is 12.6. The third-order valence-electron chi connectivity index (χ3n) is 5.63. The number of anilines is 1. The minimum Gasteiger partial charge on any atom is -0.496 e. The molecule has 3 N–H and O–H groups in total. The first kappa shape index (κ1) is 23.0. The standard InChI is InChI=1S/C22H30N4O4S/c1-23-19-8-4-15(5-9-19)22(27)25-14-18-12-16(6-10-20(18)30-2)17-7-11-21(24-13-17)26-31(3,28)29/h6-7,10-13,15,19,23H,4-5,8-9,14H2,1-3H3,(H,24,26)(H,25,27). The normalized spacial score (nSPS) is 18.9. The molecule has 2 aromatic rings. The summed E-state index contributed by atoms with van der Waals surface area (Å²) < 4.78 is 30.5. The Bertz CT molecular complexity index is 1000. The number of ether oxygens (including phenoxy) is 1. The van der Waals surface area contributed by atoms with Crippen LogP contribution >= 0.6 is 0 Å². The van der Waals surface area contributed by atoms with E-state index in [0.717, 1.165) is 48.6 Å². The van der Waals surface area contributed by atoms with E-state index < -0.39 is 10.0 Å². The molecule has 8 nitrogen and oxygen atoms in total. The van der Waals surface area contributed by atoms with Gasteiger partial charge in [-0.3, -0.25) is 9.52 Å². The molecule has 0 aliphatic heterocycles. The lowest BCUT2D eigenvalue weighted by molar-refractivity contribution is -0.126. The summed E-state index contributed by atoms with van der Waals surface area (Å²) in [6, 6.07) is 9.64. The molecular weight excluding hydrogens is 416 g/mol. The fraction of sp³-hybridized carbons (Fsp3) is 0.455. The molecule has 0 saturated heterocycles. The lowest BCUT2D eigenvalue weighted by Crippen LogP contribution is -2.37. The Kier molecular flexibility index (Phi) is 7.50. The van der Waals surface area contributed by atoms with Gasteiger partial charge in [0, 0.05) is 35.8 Å². The predicted octanol–water partition coefficient (Wildman–Crippen LogP) is 2.52. The van der Waals surface area contributed by atoms with Crippen molar-refractivity contribution in [2.45, 2.75) is 38.3 Å². The van der Waals surface area contributed by atoms with Crippen molar-refractivity contribution in [1.29, 1.82) is 0 Å². The second kappa shape index (κ2) is 10.1. The van der Waals surface area contributed by atoms with Crippen molar-refractivity contribution in [2.24, 2.45) is 5.92 Å². The molecule has 0 unspecified atom stereocenters. The first-order chi connectivity index (χ1) is 14.8. The van der Waals surface area contributed by atoms with Crippen LogP contribution < -0.4 is 20.1 Å². The van der Waals surface area contributed by atoms with E-state index >= 15 is 0 Å². The number of pyridine rings is 1. The van der Waals surface area contributed by atoms with E-state index in [2.05, 4.69) is 20.3 Å². The number of aromatic nitrogens is 1. The van der Waals surface area contributed by atoms with Crippen LogP contribution in [0.5, 0.6) is 5.75 Å². The van der Waals surface area contributed by atoms with Gasteiger partial charge in [-0.1, -0.05) is 6.07 Å². The van der Waals surface area contributed by atoms with Crippen LogP contribution in [0.15, 0.2) is 36.5 Å². The minimum absolute atomic E-state index is 0.0536. The van der Waals surface area contributed by atoms with Gasteiger partial charge in [-0.25, -0.2) is 13.4 Å². The Morgan fingerprint density at radius 1 is 1.13 bits per heavy atom. The van der Waals surface area contributed by atoms with Crippen molar-refractivity contribution >= 4 is 21.7 Å². The van der Waals surface area contributed by atoms with Crippen LogP contribution in [-0.4, -0.2) is 45.8 Å². The highest BCUT2D eigenvalue weighted by Crippen LogP contribution is 2.28. The molecule has 1 amide bonds. The number of methoxy groups -OCH3 is 1. The van der Waals surface area contributed by atoms with Gasteiger partial charge in [0.05, 0.1) is 13.4 Å². The largest absolute Gasteiger partial charge is 0.496 e.